The molecule has 0 aromatic heterocycles. The molecule has 4 nitrogen and oxygen atoms in total. The Hall–Kier alpha value is -1.55. The molecule has 0 aliphatic heterocycles. The van der Waals surface area contributed by atoms with Crippen LogP contribution in [0, 0.1) is 18.8 Å². The van der Waals surface area contributed by atoms with Gasteiger partial charge in [0.2, 0.25) is 11.8 Å². The zero-order valence-corrected chi connectivity index (χ0v) is 14.2. The highest BCUT2D eigenvalue weighted by Crippen LogP contribution is 2.40. The Kier molecular flexibility index (Phi) is 4.90. The Morgan fingerprint density at radius 1 is 1.09 bits per heavy atom. The number of hydrogen-bond acceptors (Lipinski definition) is 2. The first kappa shape index (κ1) is 16.3. The predicted octanol–water partition coefficient (Wildman–Crippen LogP) is 3.67. The van der Waals surface area contributed by atoms with E-state index in [1.54, 1.807) is 12.1 Å². The van der Waals surface area contributed by atoms with Crippen molar-refractivity contribution in [2.45, 2.75) is 51.5 Å². The molecule has 2 aliphatic rings. The summed E-state index contributed by atoms with van der Waals surface area (Å²) < 4.78 is 0. The van der Waals surface area contributed by atoms with Gasteiger partial charge >= 0.3 is 0 Å². The van der Waals surface area contributed by atoms with Crippen molar-refractivity contribution in [1.29, 1.82) is 0 Å². The highest BCUT2D eigenvalue weighted by molar-refractivity contribution is 6.30. The fourth-order valence-electron chi connectivity index (χ4n) is 3.32. The van der Waals surface area contributed by atoms with Crippen LogP contribution in [0.1, 0.15) is 44.1 Å². The first-order chi connectivity index (χ1) is 11.0. The van der Waals surface area contributed by atoms with Gasteiger partial charge in [0.15, 0.2) is 0 Å². The minimum Gasteiger partial charge on any atom is -0.353 e. The SMILES string of the molecule is Cc1cc(Cl)ccc1NC(=O)C1CC1C(=O)NC1CCCCC1. The van der Waals surface area contributed by atoms with E-state index < -0.39 is 0 Å². The summed E-state index contributed by atoms with van der Waals surface area (Å²) in [6.07, 6.45) is 6.43. The fraction of sp³-hybridized carbons (Fsp3) is 0.556. The molecule has 2 atom stereocenters. The van der Waals surface area contributed by atoms with Crippen LogP contribution in [-0.4, -0.2) is 17.9 Å². The first-order valence-electron chi connectivity index (χ1n) is 8.42. The van der Waals surface area contributed by atoms with Crippen molar-refractivity contribution < 1.29 is 9.59 Å². The first-order valence-corrected chi connectivity index (χ1v) is 8.80. The fourth-order valence-corrected chi connectivity index (χ4v) is 3.55. The number of amides is 2. The monoisotopic (exact) mass is 334 g/mol. The van der Waals surface area contributed by atoms with Crippen LogP contribution >= 0.6 is 11.6 Å². The molecule has 3 rings (SSSR count). The van der Waals surface area contributed by atoms with Crippen LogP contribution in [0.25, 0.3) is 0 Å². The molecule has 2 aliphatic carbocycles. The predicted molar refractivity (Wildman–Crippen MR) is 91.4 cm³/mol. The average Bonchev–Trinajstić information content (AvgIpc) is 3.32. The van der Waals surface area contributed by atoms with Crippen LogP contribution in [0.15, 0.2) is 18.2 Å². The normalized spacial score (nSPS) is 24.1. The largest absolute Gasteiger partial charge is 0.353 e. The second-order valence-corrected chi connectivity index (χ2v) is 7.18. The highest BCUT2D eigenvalue weighted by Gasteiger charge is 2.48. The van der Waals surface area contributed by atoms with Gasteiger partial charge in [-0.25, -0.2) is 0 Å². The van der Waals surface area contributed by atoms with E-state index >= 15 is 0 Å². The summed E-state index contributed by atoms with van der Waals surface area (Å²) in [6.45, 7) is 1.90. The maximum atomic E-state index is 12.3. The van der Waals surface area contributed by atoms with Crippen molar-refractivity contribution in [2.24, 2.45) is 11.8 Å². The molecule has 0 saturated heterocycles. The van der Waals surface area contributed by atoms with E-state index in [4.69, 9.17) is 11.6 Å². The number of hydrogen-bond donors (Lipinski definition) is 2. The third kappa shape index (κ3) is 4.05. The molecule has 2 amide bonds. The Morgan fingerprint density at radius 2 is 1.78 bits per heavy atom. The molecule has 2 fully saturated rings. The van der Waals surface area contributed by atoms with Gasteiger partial charge in [0.25, 0.3) is 0 Å². The Bertz CT molecular complexity index is 611. The second-order valence-electron chi connectivity index (χ2n) is 6.74. The lowest BCUT2D eigenvalue weighted by Gasteiger charge is -2.22. The van der Waals surface area contributed by atoms with Gasteiger partial charge in [0, 0.05) is 16.8 Å². The summed E-state index contributed by atoms with van der Waals surface area (Å²) in [5, 5.41) is 6.67. The van der Waals surface area contributed by atoms with Crippen molar-refractivity contribution in [3.05, 3.63) is 28.8 Å². The lowest BCUT2D eigenvalue weighted by molar-refractivity contribution is -0.126. The summed E-state index contributed by atoms with van der Waals surface area (Å²) in [5.74, 6) is -0.387. The highest BCUT2D eigenvalue weighted by atomic mass is 35.5. The lowest BCUT2D eigenvalue weighted by atomic mass is 9.95. The van der Waals surface area contributed by atoms with Crippen molar-refractivity contribution in [2.75, 3.05) is 5.32 Å². The topological polar surface area (TPSA) is 58.2 Å². The quantitative estimate of drug-likeness (QED) is 0.882. The summed E-state index contributed by atoms with van der Waals surface area (Å²) in [6, 6.07) is 5.68. The molecular weight excluding hydrogens is 312 g/mol. The van der Waals surface area contributed by atoms with Crippen molar-refractivity contribution in [1.82, 2.24) is 5.32 Å². The zero-order valence-electron chi connectivity index (χ0n) is 13.4. The average molecular weight is 335 g/mol. The van der Waals surface area contributed by atoms with E-state index in [9.17, 15) is 9.59 Å². The number of benzene rings is 1. The van der Waals surface area contributed by atoms with Gasteiger partial charge in [-0.05, 0) is 49.9 Å². The number of nitrogens with one attached hydrogen (secondary N) is 2. The standard InChI is InChI=1S/C18H23ClN2O2/c1-11-9-12(19)7-8-16(11)21-18(23)15-10-14(15)17(22)20-13-5-3-2-4-6-13/h7-9,13-15H,2-6,10H2,1H3,(H,20,22)(H,21,23). The van der Waals surface area contributed by atoms with Gasteiger partial charge in [0.05, 0.1) is 11.8 Å². The maximum Gasteiger partial charge on any atom is 0.228 e. The summed E-state index contributed by atoms with van der Waals surface area (Å²) in [4.78, 5) is 24.5. The molecule has 2 unspecified atom stereocenters. The van der Waals surface area contributed by atoms with E-state index in [1.165, 1.54) is 19.3 Å². The van der Waals surface area contributed by atoms with Crippen molar-refractivity contribution in [3.63, 3.8) is 0 Å². The van der Waals surface area contributed by atoms with Crippen LogP contribution in [0.4, 0.5) is 5.69 Å². The number of carbonyl (C=O) groups excluding carboxylic acids is 2. The van der Waals surface area contributed by atoms with Gasteiger partial charge in [-0.15, -0.1) is 0 Å². The summed E-state index contributed by atoms with van der Waals surface area (Å²) in [5.41, 5.74) is 1.69. The molecule has 2 saturated carbocycles. The Labute approximate surface area is 142 Å². The molecule has 0 heterocycles. The number of anilines is 1. The van der Waals surface area contributed by atoms with Gasteiger partial charge in [-0.3, -0.25) is 9.59 Å². The molecule has 124 valence electrons. The molecule has 5 heteroatoms. The lowest BCUT2D eigenvalue weighted by Crippen LogP contribution is -2.37. The van der Waals surface area contributed by atoms with E-state index in [2.05, 4.69) is 10.6 Å². The van der Waals surface area contributed by atoms with Crippen LogP contribution in [0.3, 0.4) is 0 Å². The van der Waals surface area contributed by atoms with Gasteiger partial charge in [0.1, 0.15) is 0 Å². The van der Waals surface area contributed by atoms with Crippen LogP contribution in [-0.2, 0) is 9.59 Å². The van der Waals surface area contributed by atoms with Crippen molar-refractivity contribution >= 4 is 29.1 Å². The number of carbonyl (C=O) groups is 2. The summed E-state index contributed by atoms with van der Waals surface area (Å²) >= 11 is 5.92. The molecule has 1 aromatic carbocycles. The summed E-state index contributed by atoms with van der Waals surface area (Å²) in [7, 11) is 0. The van der Waals surface area contributed by atoms with E-state index in [0.29, 0.717) is 17.5 Å². The van der Waals surface area contributed by atoms with E-state index in [-0.39, 0.29) is 23.7 Å². The number of rotatable bonds is 4. The minimum absolute atomic E-state index is 0.0462. The number of halogens is 1. The molecule has 23 heavy (non-hydrogen) atoms. The number of aryl methyl sites for hydroxylation is 1. The van der Waals surface area contributed by atoms with Gasteiger partial charge in [-0.2, -0.15) is 0 Å². The van der Waals surface area contributed by atoms with Crippen molar-refractivity contribution in [3.8, 4) is 0 Å². The minimum atomic E-state index is -0.200. The smallest absolute Gasteiger partial charge is 0.228 e. The molecule has 0 spiro atoms. The third-order valence-electron chi connectivity index (χ3n) is 4.86. The van der Waals surface area contributed by atoms with Crippen LogP contribution in [0.2, 0.25) is 5.02 Å². The molecule has 0 radical (unpaired) electrons. The van der Waals surface area contributed by atoms with Crippen LogP contribution in [0.5, 0.6) is 0 Å². The third-order valence-corrected chi connectivity index (χ3v) is 5.10. The van der Waals surface area contributed by atoms with Crippen LogP contribution < -0.4 is 10.6 Å². The molecule has 1 aromatic rings. The maximum absolute atomic E-state index is 12.3. The Morgan fingerprint density at radius 3 is 2.48 bits per heavy atom. The zero-order chi connectivity index (χ0) is 16.4. The molecule has 2 N–H and O–H groups in total. The van der Waals surface area contributed by atoms with E-state index in [1.807, 2.05) is 13.0 Å². The van der Waals surface area contributed by atoms with Gasteiger partial charge < -0.3 is 10.6 Å². The van der Waals surface area contributed by atoms with Gasteiger partial charge in [-0.1, -0.05) is 30.9 Å². The Balaban J connectivity index is 1.51. The molecular formula is C18H23ClN2O2. The molecule has 0 bridgehead atoms. The second kappa shape index (κ2) is 6.91. The van der Waals surface area contributed by atoms with E-state index in [0.717, 1.165) is 24.1 Å².